The fourth-order valence-corrected chi connectivity index (χ4v) is 2.70. The molecular weight excluding hydrogens is 292 g/mol. The van der Waals surface area contributed by atoms with Crippen molar-refractivity contribution in [2.45, 2.75) is 39.2 Å². The molecule has 126 valence electrons. The van der Waals surface area contributed by atoms with Crippen LogP contribution in [0.25, 0.3) is 0 Å². The molecule has 1 amide bonds. The maximum Gasteiger partial charge on any atom is 0.307 e. The van der Waals surface area contributed by atoms with Crippen LogP contribution in [0, 0.1) is 0 Å². The number of carbonyl (C=O) groups is 2. The molecule has 1 aliphatic rings. The fraction of sp³-hybridized carbons (Fsp3) is 0.556. The number of amides is 1. The fourth-order valence-electron chi connectivity index (χ4n) is 2.70. The summed E-state index contributed by atoms with van der Waals surface area (Å²) in [6, 6.07) is 7.71. The zero-order valence-electron chi connectivity index (χ0n) is 13.8. The molecule has 1 N–H and O–H groups in total. The van der Waals surface area contributed by atoms with Gasteiger partial charge >= 0.3 is 5.97 Å². The molecule has 0 aliphatic carbocycles. The lowest BCUT2D eigenvalue weighted by molar-refractivity contribution is -0.142. The Balaban J connectivity index is 1.75. The quantitative estimate of drug-likeness (QED) is 0.619. The second-order valence-electron chi connectivity index (χ2n) is 5.78. The van der Waals surface area contributed by atoms with Gasteiger partial charge in [0.2, 0.25) is 0 Å². The molecule has 5 heteroatoms. The zero-order valence-corrected chi connectivity index (χ0v) is 13.8. The lowest BCUT2D eigenvalue weighted by Crippen LogP contribution is -2.35. The van der Waals surface area contributed by atoms with Crippen molar-refractivity contribution >= 4 is 11.9 Å². The van der Waals surface area contributed by atoms with Gasteiger partial charge in [-0.05, 0) is 43.9 Å². The van der Waals surface area contributed by atoms with E-state index in [2.05, 4.69) is 5.32 Å². The van der Waals surface area contributed by atoms with Gasteiger partial charge in [-0.25, -0.2) is 0 Å². The zero-order chi connectivity index (χ0) is 16.5. The van der Waals surface area contributed by atoms with Gasteiger partial charge in [-0.15, -0.1) is 0 Å². The van der Waals surface area contributed by atoms with E-state index in [1.54, 1.807) is 6.92 Å². The third-order valence-electron chi connectivity index (χ3n) is 3.98. The number of rotatable bonds is 7. The molecule has 0 bridgehead atoms. The summed E-state index contributed by atoms with van der Waals surface area (Å²) in [5, 5.41) is 3.21. The highest BCUT2D eigenvalue weighted by molar-refractivity contribution is 5.94. The van der Waals surface area contributed by atoms with Crippen LogP contribution in [-0.4, -0.2) is 43.0 Å². The molecular formula is C18H26N2O3. The first-order chi connectivity index (χ1) is 11.2. The normalized spacial score (nSPS) is 14.6. The smallest absolute Gasteiger partial charge is 0.307 e. The molecule has 1 fully saturated rings. The first kappa shape index (κ1) is 17.5. The Labute approximate surface area is 138 Å². The predicted octanol–water partition coefficient (Wildman–Crippen LogP) is 2.36. The van der Waals surface area contributed by atoms with Crippen LogP contribution >= 0.6 is 0 Å². The van der Waals surface area contributed by atoms with Gasteiger partial charge in [0.05, 0.1) is 13.0 Å². The second kappa shape index (κ2) is 9.30. The summed E-state index contributed by atoms with van der Waals surface area (Å²) in [4.78, 5) is 25.5. The number of benzene rings is 1. The van der Waals surface area contributed by atoms with Crippen LogP contribution < -0.4 is 5.32 Å². The van der Waals surface area contributed by atoms with E-state index in [9.17, 15) is 9.59 Å². The number of nitrogens with one attached hydrogen (secondary N) is 1. The van der Waals surface area contributed by atoms with Crippen LogP contribution in [0.2, 0.25) is 0 Å². The van der Waals surface area contributed by atoms with Crippen molar-refractivity contribution in [1.82, 2.24) is 10.2 Å². The average Bonchev–Trinajstić information content (AvgIpc) is 2.60. The summed E-state index contributed by atoms with van der Waals surface area (Å²) in [5.74, 6) is -0.0472. The van der Waals surface area contributed by atoms with Gasteiger partial charge in [0, 0.05) is 31.7 Å². The monoisotopic (exact) mass is 318 g/mol. The summed E-state index contributed by atoms with van der Waals surface area (Å²) in [6.45, 7) is 5.24. The third-order valence-corrected chi connectivity index (χ3v) is 3.98. The maximum absolute atomic E-state index is 12.4. The summed E-state index contributed by atoms with van der Waals surface area (Å²) in [6.07, 6.45) is 3.81. The number of piperidine rings is 1. The van der Waals surface area contributed by atoms with Crippen molar-refractivity contribution in [3.63, 3.8) is 0 Å². The molecule has 0 spiro atoms. The lowest BCUT2D eigenvalue weighted by Gasteiger charge is -2.26. The molecule has 0 unspecified atom stereocenters. The van der Waals surface area contributed by atoms with E-state index in [0.29, 0.717) is 26.1 Å². The highest BCUT2D eigenvalue weighted by Gasteiger charge is 2.17. The van der Waals surface area contributed by atoms with Crippen LogP contribution in [0.5, 0.6) is 0 Å². The van der Waals surface area contributed by atoms with E-state index in [-0.39, 0.29) is 11.9 Å². The van der Waals surface area contributed by atoms with Gasteiger partial charge < -0.3 is 15.0 Å². The number of nitrogens with zero attached hydrogens (tertiary/aromatic N) is 1. The van der Waals surface area contributed by atoms with E-state index < -0.39 is 0 Å². The SMILES string of the molecule is CCOC(=O)CCNCc1ccc(C(=O)N2CCCCC2)cc1. The van der Waals surface area contributed by atoms with Crippen molar-refractivity contribution in [2.24, 2.45) is 0 Å². The topological polar surface area (TPSA) is 58.6 Å². The van der Waals surface area contributed by atoms with Crippen LogP contribution in [0.15, 0.2) is 24.3 Å². The molecule has 1 aromatic carbocycles. The Bertz CT molecular complexity index is 508. The van der Waals surface area contributed by atoms with E-state index in [4.69, 9.17) is 4.74 Å². The Morgan fingerprint density at radius 3 is 2.48 bits per heavy atom. The standard InChI is InChI=1S/C18H26N2O3/c1-2-23-17(21)10-11-19-14-15-6-8-16(9-7-15)18(22)20-12-4-3-5-13-20/h6-9,19H,2-5,10-14H2,1H3. The number of likely N-dealkylation sites (tertiary alicyclic amines) is 1. The molecule has 0 saturated carbocycles. The van der Waals surface area contributed by atoms with Gasteiger partial charge in [0.15, 0.2) is 0 Å². The van der Waals surface area contributed by atoms with Gasteiger partial charge in [-0.2, -0.15) is 0 Å². The Morgan fingerprint density at radius 1 is 1.13 bits per heavy atom. The molecule has 1 aromatic rings. The molecule has 1 aliphatic heterocycles. The van der Waals surface area contributed by atoms with E-state index in [0.717, 1.165) is 37.1 Å². The van der Waals surface area contributed by atoms with E-state index in [1.807, 2.05) is 29.2 Å². The van der Waals surface area contributed by atoms with Crippen molar-refractivity contribution in [3.05, 3.63) is 35.4 Å². The summed E-state index contributed by atoms with van der Waals surface area (Å²) in [7, 11) is 0. The maximum atomic E-state index is 12.4. The highest BCUT2D eigenvalue weighted by Crippen LogP contribution is 2.13. The van der Waals surface area contributed by atoms with E-state index in [1.165, 1.54) is 6.42 Å². The third kappa shape index (κ3) is 5.67. The minimum atomic E-state index is -0.178. The van der Waals surface area contributed by atoms with Crippen molar-refractivity contribution in [2.75, 3.05) is 26.2 Å². The molecule has 0 atom stereocenters. The Kier molecular flexibility index (Phi) is 7.07. The van der Waals surface area contributed by atoms with Gasteiger partial charge in [-0.1, -0.05) is 12.1 Å². The summed E-state index contributed by atoms with van der Waals surface area (Å²) >= 11 is 0. The second-order valence-corrected chi connectivity index (χ2v) is 5.78. The Hall–Kier alpha value is -1.88. The number of hydrogen-bond donors (Lipinski definition) is 1. The number of carbonyl (C=O) groups excluding carboxylic acids is 2. The summed E-state index contributed by atoms with van der Waals surface area (Å²) in [5.41, 5.74) is 1.85. The largest absolute Gasteiger partial charge is 0.466 e. The molecule has 1 saturated heterocycles. The van der Waals surface area contributed by atoms with Crippen LogP contribution in [-0.2, 0) is 16.1 Å². The van der Waals surface area contributed by atoms with Crippen LogP contribution in [0.1, 0.15) is 48.5 Å². The first-order valence-electron chi connectivity index (χ1n) is 8.45. The minimum Gasteiger partial charge on any atom is -0.466 e. The molecule has 5 nitrogen and oxygen atoms in total. The van der Waals surface area contributed by atoms with Crippen molar-refractivity contribution in [1.29, 1.82) is 0 Å². The number of hydrogen-bond acceptors (Lipinski definition) is 4. The minimum absolute atomic E-state index is 0.131. The highest BCUT2D eigenvalue weighted by atomic mass is 16.5. The Morgan fingerprint density at radius 2 is 1.83 bits per heavy atom. The lowest BCUT2D eigenvalue weighted by atomic mass is 10.1. The number of ether oxygens (including phenoxy) is 1. The number of esters is 1. The van der Waals surface area contributed by atoms with Gasteiger partial charge in [-0.3, -0.25) is 9.59 Å². The van der Waals surface area contributed by atoms with Crippen LogP contribution in [0.4, 0.5) is 0 Å². The van der Waals surface area contributed by atoms with Gasteiger partial charge in [0.25, 0.3) is 5.91 Å². The van der Waals surface area contributed by atoms with E-state index >= 15 is 0 Å². The predicted molar refractivity (Wildman–Crippen MR) is 89.2 cm³/mol. The first-order valence-corrected chi connectivity index (χ1v) is 8.45. The molecule has 1 heterocycles. The van der Waals surface area contributed by atoms with Crippen molar-refractivity contribution in [3.8, 4) is 0 Å². The summed E-state index contributed by atoms with van der Waals surface area (Å²) < 4.78 is 4.87. The molecule has 0 aromatic heterocycles. The van der Waals surface area contributed by atoms with Gasteiger partial charge in [0.1, 0.15) is 0 Å². The van der Waals surface area contributed by atoms with Crippen LogP contribution in [0.3, 0.4) is 0 Å². The molecule has 23 heavy (non-hydrogen) atoms. The molecule has 0 radical (unpaired) electrons. The van der Waals surface area contributed by atoms with Crippen molar-refractivity contribution < 1.29 is 14.3 Å². The average molecular weight is 318 g/mol. The molecule has 2 rings (SSSR count).